The van der Waals surface area contributed by atoms with Gasteiger partial charge in [0.05, 0.1) is 33.3 Å². The number of H-pyrrole nitrogens is 1. The smallest absolute Gasteiger partial charge is 0.347 e. The van der Waals surface area contributed by atoms with E-state index in [1.807, 2.05) is 6.26 Å². The van der Waals surface area contributed by atoms with Gasteiger partial charge in [-0.1, -0.05) is 23.2 Å². The minimum Gasteiger partial charge on any atom is -0.477 e. The Kier molecular flexibility index (Phi) is 7.31. The Morgan fingerprint density at radius 2 is 2.08 bits per heavy atom. The zero-order valence-corrected chi connectivity index (χ0v) is 16.9. The summed E-state index contributed by atoms with van der Waals surface area (Å²) in [6.45, 7) is 3.59. The molecule has 5 nitrogen and oxygen atoms in total. The van der Waals surface area contributed by atoms with E-state index in [0.29, 0.717) is 22.0 Å². The molecule has 0 aliphatic rings. The first kappa shape index (κ1) is 20.2. The Morgan fingerprint density at radius 1 is 1.36 bits per heavy atom. The fourth-order valence-corrected chi connectivity index (χ4v) is 3.57. The second-order valence-electron chi connectivity index (χ2n) is 4.99. The van der Waals surface area contributed by atoms with E-state index in [-0.39, 0.29) is 17.5 Å². The minimum atomic E-state index is -0.806. The number of carbonyl (C=O) groups excluding carboxylic acids is 1. The standard InChI is InChI=1S/C16H17Cl3N2O3S/c1-4-23-16(22)8(2)24-13-5-9(11(18)6-12(13)19)14-10(7-17)15(25-3)21-20-14/h5-6,8H,4,7H2,1-3H3,(H,20,21). The third-order valence-electron chi connectivity index (χ3n) is 3.37. The van der Waals surface area contributed by atoms with Gasteiger partial charge in [-0.15, -0.1) is 23.4 Å². The van der Waals surface area contributed by atoms with Crippen LogP contribution in [0.3, 0.4) is 0 Å². The second-order valence-corrected chi connectivity index (χ2v) is 6.89. The Morgan fingerprint density at radius 3 is 2.68 bits per heavy atom. The van der Waals surface area contributed by atoms with Crippen molar-refractivity contribution in [2.45, 2.75) is 30.9 Å². The lowest BCUT2D eigenvalue weighted by molar-refractivity contribution is -0.150. The van der Waals surface area contributed by atoms with Gasteiger partial charge in [0.25, 0.3) is 0 Å². The first-order valence-electron chi connectivity index (χ1n) is 7.42. The second kappa shape index (κ2) is 9.03. The van der Waals surface area contributed by atoms with E-state index >= 15 is 0 Å². The first-order chi connectivity index (χ1) is 11.9. The number of alkyl halides is 1. The van der Waals surface area contributed by atoms with Crippen LogP contribution in [0.15, 0.2) is 17.2 Å². The molecule has 1 aromatic heterocycles. The fourth-order valence-electron chi connectivity index (χ4n) is 2.16. The molecule has 1 heterocycles. The number of hydrogen-bond donors (Lipinski definition) is 1. The van der Waals surface area contributed by atoms with Crippen LogP contribution in [0.1, 0.15) is 19.4 Å². The molecule has 0 bridgehead atoms. The number of rotatable bonds is 7. The topological polar surface area (TPSA) is 64.2 Å². The Labute approximate surface area is 165 Å². The van der Waals surface area contributed by atoms with Gasteiger partial charge in [-0.2, -0.15) is 5.10 Å². The van der Waals surface area contributed by atoms with E-state index in [9.17, 15) is 4.79 Å². The Bertz CT molecular complexity index is 767. The van der Waals surface area contributed by atoms with Crippen LogP contribution in [-0.2, 0) is 15.4 Å². The van der Waals surface area contributed by atoms with E-state index < -0.39 is 12.1 Å². The summed E-state index contributed by atoms with van der Waals surface area (Å²) in [6, 6.07) is 3.20. The molecule has 0 aliphatic carbocycles. The Hall–Kier alpha value is -1.08. The lowest BCUT2D eigenvalue weighted by atomic mass is 10.1. The molecule has 1 unspecified atom stereocenters. The summed E-state index contributed by atoms with van der Waals surface area (Å²) in [6.07, 6.45) is 1.12. The maximum absolute atomic E-state index is 11.8. The quantitative estimate of drug-likeness (QED) is 0.378. The van der Waals surface area contributed by atoms with Crippen LogP contribution in [0.25, 0.3) is 11.3 Å². The molecule has 136 valence electrons. The Balaban J connectivity index is 2.41. The largest absolute Gasteiger partial charge is 0.477 e. The predicted octanol–water partition coefficient (Wildman–Crippen LogP) is 5.17. The van der Waals surface area contributed by atoms with Gasteiger partial charge in [-0.3, -0.25) is 5.10 Å². The normalized spacial score (nSPS) is 12.1. The van der Waals surface area contributed by atoms with Gasteiger partial charge < -0.3 is 9.47 Å². The summed E-state index contributed by atoms with van der Waals surface area (Å²) in [7, 11) is 0. The summed E-state index contributed by atoms with van der Waals surface area (Å²) in [5.74, 6) is 0.118. The molecule has 0 radical (unpaired) electrons. The molecule has 0 aliphatic heterocycles. The number of nitrogens with zero attached hydrogens (tertiary/aromatic N) is 1. The lowest BCUT2D eigenvalue weighted by Crippen LogP contribution is -2.26. The summed E-state index contributed by atoms with van der Waals surface area (Å²) in [5.41, 5.74) is 2.07. The number of esters is 1. The highest BCUT2D eigenvalue weighted by Gasteiger charge is 2.21. The SMILES string of the molecule is CCOC(=O)C(C)Oc1cc(-c2n[nH]c(SC)c2CCl)c(Cl)cc1Cl. The maximum atomic E-state index is 11.8. The van der Waals surface area contributed by atoms with Gasteiger partial charge in [0.15, 0.2) is 6.10 Å². The highest BCUT2D eigenvalue weighted by atomic mass is 35.5. The number of halogens is 3. The van der Waals surface area contributed by atoms with E-state index in [0.717, 1.165) is 10.6 Å². The lowest BCUT2D eigenvalue weighted by Gasteiger charge is -2.16. The number of aromatic amines is 1. The average Bonchev–Trinajstić information content (AvgIpc) is 3.00. The molecule has 25 heavy (non-hydrogen) atoms. The molecule has 1 aromatic carbocycles. The van der Waals surface area contributed by atoms with E-state index in [1.165, 1.54) is 11.8 Å². The number of thioether (sulfide) groups is 1. The molecule has 2 rings (SSSR count). The fraction of sp³-hybridized carbons (Fsp3) is 0.375. The van der Waals surface area contributed by atoms with Crippen molar-refractivity contribution >= 4 is 52.5 Å². The van der Waals surface area contributed by atoms with Crippen molar-refractivity contribution in [3.63, 3.8) is 0 Å². The number of hydrogen-bond acceptors (Lipinski definition) is 5. The first-order valence-corrected chi connectivity index (χ1v) is 9.94. The molecule has 0 amide bonds. The molecule has 0 spiro atoms. The van der Waals surface area contributed by atoms with Gasteiger partial charge in [-0.05, 0) is 32.2 Å². The third-order valence-corrected chi connectivity index (χ3v) is 4.99. The summed E-state index contributed by atoms with van der Waals surface area (Å²) in [5, 5.41) is 8.79. The van der Waals surface area contributed by atoms with Crippen LogP contribution in [0.2, 0.25) is 10.0 Å². The van der Waals surface area contributed by atoms with Crippen molar-refractivity contribution in [1.29, 1.82) is 0 Å². The molecule has 0 fully saturated rings. The van der Waals surface area contributed by atoms with Crippen molar-refractivity contribution in [3.05, 3.63) is 27.7 Å². The van der Waals surface area contributed by atoms with E-state index in [4.69, 9.17) is 44.3 Å². The van der Waals surface area contributed by atoms with Crippen molar-refractivity contribution in [2.75, 3.05) is 12.9 Å². The van der Waals surface area contributed by atoms with Crippen molar-refractivity contribution < 1.29 is 14.3 Å². The predicted molar refractivity (Wildman–Crippen MR) is 102 cm³/mol. The molecule has 1 atom stereocenters. The number of aromatic nitrogens is 2. The molecule has 1 N–H and O–H groups in total. The summed E-state index contributed by atoms with van der Waals surface area (Å²) < 4.78 is 10.6. The zero-order chi connectivity index (χ0) is 18.6. The average molecular weight is 424 g/mol. The van der Waals surface area contributed by atoms with Crippen molar-refractivity contribution in [1.82, 2.24) is 10.2 Å². The molecule has 0 saturated heterocycles. The monoisotopic (exact) mass is 422 g/mol. The number of benzene rings is 1. The third kappa shape index (κ3) is 4.56. The molecule has 9 heteroatoms. The summed E-state index contributed by atoms with van der Waals surface area (Å²) >= 11 is 20.1. The van der Waals surface area contributed by atoms with Crippen LogP contribution in [-0.4, -0.2) is 35.1 Å². The van der Waals surface area contributed by atoms with Crippen LogP contribution in [0.5, 0.6) is 5.75 Å². The van der Waals surface area contributed by atoms with Gasteiger partial charge in [-0.25, -0.2) is 4.79 Å². The van der Waals surface area contributed by atoms with E-state index in [2.05, 4.69) is 10.2 Å². The van der Waals surface area contributed by atoms with Gasteiger partial charge >= 0.3 is 5.97 Å². The molecule has 0 saturated carbocycles. The van der Waals surface area contributed by atoms with Gasteiger partial charge in [0.1, 0.15) is 5.75 Å². The molecular formula is C16H17Cl3N2O3S. The summed E-state index contributed by atoms with van der Waals surface area (Å²) in [4.78, 5) is 11.8. The molecular weight excluding hydrogens is 407 g/mol. The van der Waals surface area contributed by atoms with Crippen LogP contribution in [0.4, 0.5) is 0 Å². The molecule has 2 aromatic rings. The van der Waals surface area contributed by atoms with Crippen LogP contribution >= 0.6 is 46.6 Å². The number of ether oxygens (including phenoxy) is 2. The number of nitrogens with one attached hydrogen (secondary N) is 1. The highest BCUT2D eigenvalue weighted by molar-refractivity contribution is 7.98. The van der Waals surface area contributed by atoms with Crippen LogP contribution < -0.4 is 4.74 Å². The van der Waals surface area contributed by atoms with E-state index in [1.54, 1.807) is 26.0 Å². The van der Waals surface area contributed by atoms with Gasteiger partial charge in [0.2, 0.25) is 0 Å². The van der Waals surface area contributed by atoms with Crippen molar-refractivity contribution in [3.8, 4) is 17.0 Å². The number of carbonyl (C=O) groups is 1. The highest BCUT2D eigenvalue weighted by Crippen LogP contribution is 2.39. The van der Waals surface area contributed by atoms with Gasteiger partial charge in [0, 0.05) is 11.1 Å². The van der Waals surface area contributed by atoms with Crippen molar-refractivity contribution in [2.24, 2.45) is 0 Å². The zero-order valence-electron chi connectivity index (χ0n) is 13.9. The maximum Gasteiger partial charge on any atom is 0.347 e. The minimum absolute atomic E-state index is 0.274. The van der Waals surface area contributed by atoms with Crippen LogP contribution in [0, 0.1) is 0 Å².